The number of esters is 1. The number of halogens is 1. The average Bonchev–Trinajstić information content (AvgIpc) is 2.60. The van der Waals surface area contributed by atoms with E-state index < -0.39 is 0 Å². The number of nitrogens with zero attached hydrogens (tertiary/aromatic N) is 1. The summed E-state index contributed by atoms with van der Waals surface area (Å²) in [4.78, 5) is 16.4. The van der Waals surface area contributed by atoms with Crippen molar-refractivity contribution in [2.24, 2.45) is 0 Å². The van der Waals surface area contributed by atoms with Gasteiger partial charge in [0.2, 0.25) is 0 Å². The van der Waals surface area contributed by atoms with Gasteiger partial charge in [0.25, 0.3) is 5.88 Å². The highest BCUT2D eigenvalue weighted by Crippen LogP contribution is 2.32. The van der Waals surface area contributed by atoms with Crippen LogP contribution in [0.4, 0.5) is 0 Å². The second-order valence-corrected chi connectivity index (χ2v) is 5.99. The molecule has 0 atom stereocenters. The number of carbonyl (C=O) groups is 1. The summed E-state index contributed by atoms with van der Waals surface area (Å²) in [6.07, 6.45) is 2.45. The molecule has 1 aromatic heterocycles. The van der Waals surface area contributed by atoms with Crippen molar-refractivity contribution in [1.82, 2.24) is 4.98 Å². The predicted molar refractivity (Wildman–Crippen MR) is 96.4 cm³/mol. The van der Waals surface area contributed by atoms with Gasteiger partial charge in [-0.2, -0.15) is 0 Å². The van der Waals surface area contributed by atoms with E-state index in [2.05, 4.69) is 20.9 Å². The maximum atomic E-state index is 12.1. The lowest BCUT2D eigenvalue weighted by atomic mass is 9.94. The number of methoxy groups -OCH3 is 3. The molecule has 0 saturated heterocycles. The summed E-state index contributed by atoms with van der Waals surface area (Å²) in [5.41, 5.74) is 4.27. The van der Waals surface area contributed by atoms with Gasteiger partial charge in [-0.05, 0) is 36.1 Å². The number of aryl methyl sites for hydroxylation is 2. The standard InChI is InChI=1S/C18H20BrNO4/c1-11-7-13(8-12(5-6-19)16(11)18(21)24-4)14-9-15(22-2)17(23-3)20-10-14/h7-10H,5-6H2,1-4H3. The summed E-state index contributed by atoms with van der Waals surface area (Å²) in [5, 5.41) is 0.754. The van der Waals surface area contributed by atoms with Crippen LogP contribution in [-0.4, -0.2) is 37.6 Å². The quantitative estimate of drug-likeness (QED) is 0.551. The van der Waals surface area contributed by atoms with Crippen molar-refractivity contribution in [3.8, 4) is 22.8 Å². The van der Waals surface area contributed by atoms with Crippen molar-refractivity contribution < 1.29 is 19.0 Å². The van der Waals surface area contributed by atoms with Gasteiger partial charge >= 0.3 is 5.97 Å². The van der Waals surface area contributed by atoms with E-state index in [1.807, 2.05) is 25.1 Å². The second kappa shape index (κ2) is 8.15. The third kappa shape index (κ3) is 3.70. The molecule has 2 rings (SSSR count). The zero-order valence-corrected chi connectivity index (χ0v) is 15.8. The first-order chi connectivity index (χ1) is 11.5. The largest absolute Gasteiger partial charge is 0.491 e. The Labute approximate surface area is 150 Å². The van der Waals surface area contributed by atoms with Crippen LogP contribution in [0.25, 0.3) is 11.1 Å². The molecule has 0 amide bonds. The Balaban J connectivity index is 2.57. The molecule has 0 aliphatic carbocycles. The molecule has 2 aromatic rings. The van der Waals surface area contributed by atoms with E-state index >= 15 is 0 Å². The van der Waals surface area contributed by atoms with Gasteiger partial charge in [0.15, 0.2) is 5.75 Å². The Kier molecular flexibility index (Phi) is 6.20. The number of aromatic nitrogens is 1. The van der Waals surface area contributed by atoms with Gasteiger partial charge in [-0.15, -0.1) is 0 Å². The van der Waals surface area contributed by atoms with E-state index in [9.17, 15) is 4.79 Å². The van der Waals surface area contributed by atoms with Crippen molar-refractivity contribution in [3.05, 3.63) is 41.1 Å². The molecule has 128 valence electrons. The lowest BCUT2D eigenvalue weighted by Crippen LogP contribution is -2.09. The molecule has 0 aliphatic rings. The van der Waals surface area contributed by atoms with E-state index in [0.717, 1.165) is 34.0 Å². The van der Waals surface area contributed by atoms with Crippen molar-refractivity contribution in [2.75, 3.05) is 26.7 Å². The van der Waals surface area contributed by atoms with Gasteiger partial charge in [-0.3, -0.25) is 0 Å². The van der Waals surface area contributed by atoms with Crippen LogP contribution in [0.3, 0.4) is 0 Å². The van der Waals surface area contributed by atoms with Crippen LogP contribution in [0.2, 0.25) is 0 Å². The molecule has 0 saturated carbocycles. The van der Waals surface area contributed by atoms with Crippen LogP contribution < -0.4 is 9.47 Å². The third-order valence-corrected chi connectivity index (χ3v) is 4.13. The van der Waals surface area contributed by atoms with Crippen LogP contribution >= 0.6 is 15.9 Å². The Morgan fingerprint density at radius 3 is 2.46 bits per heavy atom. The number of hydrogen-bond donors (Lipinski definition) is 0. The summed E-state index contributed by atoms with van der Waals surface area (Å²) in [6.45, 7) is 1.90. The van der Waals surface area contributed by atoms with Gasteiger partial charge in [0, 0.05) is 17.1 Å². The lowest BCUT2D eigenvalue weighted by molar-refractivity contribution is 0.0599. The highest BCUT2D eigenvalue weighted by molar-refractivity contribution is 9.09. The maximum Gasteiger partial charge on any atom is 0.338 e. The Bertz CT molecular complexity index is 746. The minimum atomic E-state index is -0.319. The Morgan fingerprint density at radius 1 is 1.12 bits per heavy atom. The molecule has 1 aromatic carbocycles. The number of alkyl halides is 1. The molecule has 0 N–H and O–H groups in total. The molecule has 0 bridgehead atoms. The van der Waals surface area contributed by atoms with Crippen LogP contribution in [0.5, 0.6) is 11.6 Å². The van der Waals surface area contributed by atoms with Crippen molar-refractivity contribution in [2.45, 2.75) is 13.3 Å². The zero-order chi connectivity index (χ0) is 17.7. The molecule has 0 spiro atoms. The lowest BCUT2D eigenvalue weighted by Gasteiger charge is -2.14. The van der Waals surface area contributed by atoms with Gasteiger partial charge in [0.1, 0.15) is 0 Å². The Hall–Kier alpha value is -2.08. The topological polar surface area (TPSA) is 57.7 Å². The van der Waals surface area contributed by atoms with Gasteiger partial charge < -0.3 is 14.2 Å². The summed E-state index contributed by atoms with van der Waals surface area (Å²) in [5.74, 6) is 0.678. The van der Waals surface area contributed by atoms with Gasteiger partial charge in [-0.1, -0.05) is 28.1 Å². The molecule has 0 fully saturated rings. The van der Waals surface area contributed by atoms with Crippen molar-refractivity contribution >= 4 is 21.9 Å². The van der Waals surface area contributed by atoms with E-state index in [-0.39, 0.29) is 5.97 Å². The number of rotatable bonds is 6. The monoisotopic (exact) mass is 393 g/mol. The molecule has 6 heteroatoms. The van der Waals surface area contributed by atoms with Crippen LogP contribution in [0, 0.1) is 6.92 Å². The molecule has 24 heavy (non-hydrogen) atoms. The molecular weight excluding hydrogens is 374 g/mol. The molecular formula is C18H20BrNO4. The maximum absolute atomic E-state index is 12.1. The van der Waals surface area contributed by atoms with E-state index in [4.69, 9.17) is 14.2 Å². The fourth-order valence-corrected chi connectivity index (χ4v) is 3.04. The zero-order valence-electron chi connectivity index (χ0n) is 14.2. The van der Waals surface area contributed by atoms with E-state index in [0.29, 0.717) is 17.2 Å². The van der Waals surface area contributed by atoms with Gasteiger partial charge in [-0.25, -0.2) is 9.78 Å². The summed E-state index contributed by atoms with van der Waals surface area (Å²) in [7, 11) is 4.52. The number of carbonyl (C=O) groups excluding carboxylic acids is 1. The molecule has 1 heterocycles. The SMILES string of the molecule is COC(=O)c1c(C)cc(-c2cnc(OC)c(OC)c2)cc1CCBr. The molecule has 0 aliphatic heterocycles. The predicted octanol–water partition coefficient (Wildman–Crippen LogP) is 3.80. The second-order valence-electron chi connectivity index (χ2n) is 5.19. The summed E-state index contributed by atoms with van der Waals surface area (Å²) >= 11 is 3.44. The van der Waals surface area contributed by atoms with Crippen LogP contribution in [0.1, 0.15) is 21.5 Å². The normalized spacial score (nSPS) is 10.4. The number of benzene rings is 1. The van der Waals surface area contributed by atoms with Crippen LogP contribution in [0.15, 0.2) is 24.4 Å². The average molecular weight is 394 g/mol. The first-order valence-corrected chi connectivity index (χ1v) is 8.54. The fraction of sp³-hybridized carbons (Fsp3) is 0.333. The number of ether oxygens (including phenoxy) is 3. The van der Waals surface area contributed by atoms with Crippen LogP contribution in [-0.2, 0) is 11.2 Å². The number of pyridine rings is 1. The first kappa shape index (κ1) is 18.3. The van der Waals surface area contributed by atoms with Gasteiger partial charge in [0.05, 0.1) is 26.9 Å². The minimum Gasteiger partial charge on any atom is -0.491 e. The van der Waals surface area contributed by atoms with E-state index in [1.165, 1.54) is 7.11 Å². The van der Waals surface area contributed by atoms with Crippen molar-refractivity contribution in [1.29, 1.82) is 0 Å². The van der Waals surface area contributed by atoms with Crippen molar-refractivity contribution in [3.63, 3.8) is 0 Å². The van der Waals surface area contributed by atoms with E-state index in [1.54, 1.807) is 20.4 Å². The molecule has 5 nitrogen and oxygen atoms in total. The summed E-state index contributed by atoms with van der Waals surface area (Å²) in [6, 6.07) is 5.81. The molecule has 0 unspecified atom stereocenters. The Morgan fingerprint density at radius 2 is 1.88 bits per heavy atom. The summed E-state index contributed by atoms with van der Waals surface area (Å²) < 4.78 is 15.4. The number of hydrogen-bond acceptors (Lipinski definition) is 5. The highest BCUT2D eigenvalue weighted by atomic mass is 79.9. The third-order valence-electron chi connectivity index (χ3n) is 3.74. The fourth-order valence-electron chi connectivity index (χ4n) is 2.61. The first-order valence-electron chi connectivity index (χ1n) is 7.41. The molecule has 0 radical (unpaired) electrons. The smallest absolute Gasteiger partial charge is 0.338 e. The minimum absolute atomic E-state index is 0.319. The highest BCUT2D eigenvalue weighted by Gasteiger charge is 2.17.